The Hall–Kier alpha value is -2.94. The van der Waals surface area contributed by atoms with Crippen molar-refractivity contribution < 1.29 is 14.6 Å². The Kier molecular flexibility index (Phi) is 4.29. The molecule has 0 bridgehead atoms. The lowest BCUT2D eigenvalue weighted by Gasteiger charge is -2.25. The van der Waals surface area contributed by atoms with Crippen molar-refractivity contribution in [2.24, 2.45) is 0 Å². The van der Waals surface area contributed by atoms with E-state index >= 15 is 0 Å². The summed E-state index contributed by atoms with van der Waals surface area (Å²) < 4.78 is 12.2. The summed E-state index contributed by atoms with van der Waals surface area (Å²) in [6, 6.07) is 2.25. The molecule has 1 atom stereocenters. The van der Waals surface area contributed by atoms with Crippen LogP contribution in [-0.2, 0) is 0 Å². The maximum absolute atomic E-state index is 9.64. The van der Waals surface area contributed by atoms with E-state index in [1.807, 2.05) is 6.07 Å². The molecule has 26 heavy (non-hydrogen) atoms. The van der Waals surface area contributed by atoms with Crippen LogP contribution in [0.5, 0.6) is 11.9 Å². The van der Waals surface area contributed by atoms with E-state index in [9.17, 15) is 5.11 Å². The highest BCUT2D eigenvalue weighted by molar-refractivity contribution is 5.80. The molecule has 4 rings (SSSR count). The van der Waals surface area contributed by atoms with Crippen LogP contribution in [0, 0.1) is 0 Å². The molecular formula is C17H20N6O3. The van der Waals surface area contributed by atoms with E-state index in [1.165, 1.54) is 7.11 Å². The minimum atomic E-state index is 0.104. The molecule has 136 valence electrons. The number of ether oxygens (including phenoxy) is 2. The number of aliphatic hydroxyl groups excluding tert-OH is 1. The first-order chi connectivity index (χ1) is 12.8. The molecule has 0 unspecified atom stereocenters. The molecule has 1 aliphatic rings. The number of fused-ring (bicyclic) bond motifs is 1. The van der Waals surface area contributed by atoms with Crippen molar-refractivity contribution in [3.63, 3.8) is 0 Å². The number of rotatable bonds is 5. The highest BCUT2D eigenvalue weighted by atomic mass is 16.5. The van der Waals surface area contributed by atoms with Crippen LogP contribution in [0.3, 0.4) is 0 Å². The third-order valence-corrected chi connectivity index (χ3v) is 4.66. The van der Waals surface area contributed by atoms with Crippen LogP contribution in [0.4, 0.5) is 5.82 Å². The fraction of sp³-hybridized carbons (Fsp3) is 0.412. The molecule has 9 nitrogen and oxygen atoms in total. The first-order valence-corrected chi connectivity index (χ1v) is 8.42. The van der Waals surface area contributed by atoms with E-state index in [0.717, 1.165) is 30.8 Å². The molecule has 0 spiro atoms. The van der Waals surface area contributed by atoms with Gasteiger partial charge in [-0.1, -0.05) is 0 Å². The van der Waals surface area contributed by atoms with Crippen LogP contribution >= 0.6 is 0 Å². The van der Waals surface area contributed by atoms with Gasteiger partial charge in [0.1, 0.15) is 5.82 Å². The van der Waals surface area contributed by atoms with Crippen molar-refractivity contribution in [3.8, 4) is 23.0 Å². The molecule has 0 amide bonds. The van der Waals surface area contributed by atoms with E-state index in [1.54, 1.807) is 30.2 Å². The van der Waals surface area contributed by atoms with Crippen molar-refractivity contribution in [1.82, 2.24) is 24.6 Å². The number of aromatic nitrogens is 5. The fourth-order valence-corrected chi connectivity index (χ4v) is 3.40. The molecule has 3 aromatic heterocycles. The normalized spacial score (nSPS) is 17.0. The molecule has 1 saturated heterocycles. The molecule has 4 heterocycles. The van der Waals surface area contributed by atoms with Crippen molar-refractivity contribution in [2.45, 2.75) is 18.9 Å². The van der Waals surface area contributed by atoms with Crippen LogP contribution in [0.15, 0.2) is 24.7 Å². The number of methoxy groups -OCH3 is 2. The topological polar surface area (TPSA) is 97.9 Å². The molecule has 0 aromatic carbocycles. The van der Waals surface area contributed by atoms with Crippen LogP contribution in [0.2, 0.25) is 0 Å². The Morgan fingerprint density at radius 3 is 2.85 bits per heavy atom. The quantitative estimate of drug-likeness (QED) is 0.727. The van der Waals surface area contributed by atoms with Gasteiger partial charge >= 0.3 is 6.01 Å². The van der Waals surface area contributed by atoms with Crippen molar-refractivity contribution >= 4 is 11.5 Å². The first kappa shape index (κ1) is 16.5. The van der Waals surface area contributed by atoms with Crippen LogP contribution in [-0.4, -0.2) is 63.1 Å². The van der Waals surface area contributed by atoms with Crippen LogP contribution < -0.4 is 14.4 Å². The standard InChI is InChI=1S/C17H20N6O3/c1-25-16-13(8-19-17(21-16)26-2)12-9-20-23-14(5-6-18-15(12)23)22-7-3-4-11(22)10-24/h5-6,8-9,11,24H,3-4,7,10H2,1-2H3/t11-/m0/s1. The maximum atomic E-state index is 9.64. The zero-order chi connectivity index (χ0) is 18.1. The van der Waals surface area contributed by atoms with Crippen molar-refractivity contribution in [3.05, 3.63) is 24.7 Å². The number of anilines is 1. The summed E-state index contributed by atoms with van der Waals surface area (Å²) in [7, 11) is 3.05. The molecule has 0 radical (unpaired) electrons. The second-order valence-corrected chi connectivity index (χ2v) is 6.05. The van der Waals surface area contributed by atoms with Gasteiger partial charge in [0.25, 0.3) is 0 Å². The van der Waals surface area contributed by atoms with Gasteiger partial charge < -0.3 is 19.5 Å². The fourth-order valence-electron chi connectivity index (χ4n) is 3.40. The van der Waals surface area contributed by atoms with Gasteiger partial charge in [-0.05, 0) is 18.9 Å². The molecule has 0 saturated carbocycles. The lowest BCUT2D eigenvalue weighted by atomic mass is 10.2. The molecule has 1 fully saturated rings. The summed E-state index contributed by atoms with van der Waals surface area (Å²) in [6.07, 6.45) is 7.13. The minimum Gasteiger partial charge on any atom is -0.480 e. The minimum absolute atomic E-state index is 0.104. The highest BCUT2D eigenvalue weighted by Gasteiger charge is 2.27. The summed E-state index contributed by atoms with van der Waals surface area (Å²) in [5.74, 6) is 1.31. The Morgan fingerprint density at radius 2 is 2.08 bits per heavy atom. The van der Waals surface area contributed by atoms with Gasteiger partial charge in [0.15, 0.2) is 5.65 Å². The molecular weight excluding hydrogens is 336 g/mol. The monoisotopic (exact) mass is 356 g/mol. The molecule has 9 heteroatoms. The lowest BCUT2D eigenvalue weighted by molar-refractivity contribution is 0.265. The summed E-state index contributed by atoms with van der Waals surface area (Å²) in [5, 5.41) is 14.2. The number of nitrogens with zero attached hydrogens (tertiary/aromatic N) is 6. The molecule has 0 aliphatic carbocycles. The zero-order valence-corrected chi connectivity index (χ0v) is 14.7. The number of aliphatic hydroxyl groups is 1. The zero-order valence-electron chi connectivity index (χ0n) is 14.7. The average Bonchev–Trinajstić information content (AvgIpc) is 3.33. The largest absolute Gasteiger partial charge is 0.480 e. The third-order valence-electron chi connectivity index (χ3n) is 4.66. The Labute approximate surface area is 150 Å². The van der Waals surface area contributed by atoms with E-state index in [4.69, 9.17) is 9.47 Å². The van der Waals surface area contributed by atoms with E-state index in [2.05, 4.69) is 25.0 Å². The third kappa shape index (κ3) is 2.60. The average molecular weight is 356 g/mol. The lowest BCUT2D eigenvalue weighted by Crippen LogP contribution is -2.33. The maximum Gasteiger partial charge on any atom is 0.319 e. The Bertz CT molecular complexity index is 928. The summed E-state index contributed by atoms with van der Waals surface area (Å²) >= 11 is 0. The molecule has 1 N–H and O–H groups in total. The molecule has 3 aromatic rings. The van der Waals surface area contributed by atoms with Crippen molar-refractivity contribution in [1.29, 1.82) is 0 Å². The van der Waals surface area contributed by atoms with Crippen LogP contribution in [0.25, 0.3) is 16.8 Å². The second kappa shape index (κ2) is 6.75. The van der Waals surface area contributed by atoms with Gasteiger partial charge in [0.05, 0.1) is 44.2 Å². The number of hydrogen-bond donors (Lipinski definition) is 1. The van der Waals surface area contributed by atoms with Gasteiger partial charge in [0, 0.05) is 18.9 Å². The predicted octanol–water partition coefficient (Wildman–Crippen LogP) is 1.16. The predicted molar refractivity (Wildman–Crippen MR) is 94.6 cm³/mol. The van der Waals surface area contributed by atoms with Gasteiger partial charge in [-0.25, -0.2) is 9.97 Å². The Balaban J connectivity index is 1.83. The number of hydrogen-bond acceptors (Lipinski definition) is 8. The van der Waals surface area contributed by atoms with E-state index in [-0.39, 0.29) is 18.7 Å². The summed E-state index contributed by atoms with van der Waals surface area (Å²) in [5.41, 5.74) is 2.14. The van der Waals surface area contributed by atoms with Crippen LogP contribution in [0.1, 0.15) is 12.8 Å². The van der Waals surface area contributed by atoms with Gasteiger partial charge in [-0.15, -0.1) is 0 Å². The van der Waals surface area contributed by atoms with E-state index in [0.29, 0.717) is 17.1 Å². The van der Waals surface area contributed by atoms with E-state index < -0.39 is 0 Å². The highest BCUT2D eigenvalue weighted by Crippen LogP contribution is 2.33. The summed E-state index contributed by atoms with van der Waals surface area (Å²) in [4.78, 5) is 15.1. The smallest absolute Gasteiger partial charge is 0.319 e. The van der Waals surface area contributed by atoms with Gasteiger partial charge in [0.2, 0.25) is 5.88 Å². The summed E-state index contributed by atoms with van der Waals surface area (Å²) in [6.45, 7) is 1.01. The SMILES string of the molecule is COc1ncc(-c2cnn3c(N4CCC[C@H]4CO)ccnc23)c(OC)n1. The Morgan fingerprint density at radius 1 is 1.19 bits per heavy atom. The first-order valence-electron chi connectivity index (χ1n) is 8.42. The van der Waals surface area contributed by atoms with Crippen molar-refractivity contribution in [2.75, 3.05) is 32.3 Å². The van der Waals surface area contributed by atoms with Gasteiger partial charge in [-0.2, -0.15) is 14.6 Å². The molecule has 1 aliphatic heterocycles. The second-order valence-electron chi connectivity index (χ2n) is 6.05. The van der Waals surface area contributed by atoms with Gasteiger partial charge in [-0.3, -0.25) is 0 Å².